The molecule has 2 atom stereocenters. The standard InChI is InChI=1S/C25H30N2O6/c1-15(23(29)30)33-27-22(28)13-21(25(2,3)4)26-24(31)32-14-20-18-11-7-5-9-16(18)17-10-6-8-12-19(17)20/h5-12,15,20-21H,13-14H2,1-4H3,(H,26,31)(H,27,28)(H,29,30). The topological polar surface area (TPSA) is 114 Å². The van der Waals surface area contributed by atoms with Crippen molar-refractivity contribution in [2.75, 3.05) is 6.61 Å². The lowest BCUT2D eigenvalue weighted by Gasteiger charge is -2.31. The minimum atomic E-state index is -1.19. The number of aliphatic carboxylic acids is 1. The maximum Gasteiger partial charge on any atom is 0.407 e. The minimum absolute atomic E-state index is 0.0644. The van der Waals surface area contributed by atoms with Gasteiger partial charge in [0.2, 0.25) is 5.91 Å². The monoisotopic (exact) mass is 454 g/mol. The smallest absolute Gasteiger partial charge is 0.407 e. The molecule has 8 nitrogen and oxygen atoms in total. The molecule has 0 aliphatic heterocycles. The van der Waals surface area contributed by atoms with Gasteiger partial charge in [-0.3, -0.25) is 9.63 Å². The molecule has 0 spiro atoms. The van der Waals surface area contributed by atoms with Crippen LogP contribution in [0.4, 0.5) is 4.79 Å². The number of ether oxygens (including phenoxy) is 1. The molecule has 8 heteroatoms. The Morgan fingerprint density at radius 3 is 2.06 bits per heavy atom. The van der Waals surface area contributed by atoms with E-state index in [0.29, 0.717) is 0 Å². The van der Waals surface area contributed by atoms with E-state index < -0.39 is 35.5 Å². The Morgan fingerprint density at radius 1 is 1.00 bits per heavy atom. The molecule has 2 unspecified atom stereocenters. The van der Waals surface area contributed by atoms with Crippen LogP contribution in [0.2, 0.25) is 0 Å². The van der Waals surface area contributed by atoms with Crippen LogP contribution < -0.4 is 10.8 Å². The van der Waals surface area contributed by atoms with E-state index in [1.807, 2.05) is 57.2 Å². The SMILES string of the molecule is CC(ONC(=O)CC(NC(=O)OCC1c2ccccc2-c2ccccc21)C(C)(C)C)C(=O)O. The highest BCUT2D eigenvalue weighted by Gasteiger charge is 2.32. The highest BCUT2D eigenvalue weighted by atomic mass is 16.7. The molecule has 1 aliphatic carbocycles. The number of fused-ring (bicyclic) bond motifs is 3. The van der Waals surface area contributed by atoms with Gasteiger partial charge < -0.3 is 15.2 Å². The van der Waals surface area contributed by atoms with E-state index in [2.05, 4.69) is 22.9 Å². The molecular weight excluding hydrogens is 424 g/mol. The van der Waals surface area contributed by atoms with E-state index in [0.717, 1.165) is 22.3 Å². The predicted molar refractivity (Wildman–Crippen MR) is 122 cm³/mol. The number of hydrogen-bond donors (Lipinski definition) is 3. The van der Waals surface area contributed by atoms with E-state index in [-0.39, 0.29) is 18.9 Å². The van der Waals surface area contributed by atoms with E-state index >= 15 is 0 Å². The number of carboxylic acid groups (broad SMARTS) is 1. The number of alkyl carbamates (subject to hydrolysis) is 1. The van der Waals surface area contributed by atoms with Crippen molar-refractivity contribution in [3.63, 3.8) is 0 Å². The molecule has 0 fully saturated rings. The van der Waals surface area contributed by atoms with Gasteiger partial charge in [-0.05, 0) is 34.6 Å². The van der Waals surface area contributed by atoms with Crippen molar-refractivity contribution in [2.24, 2.45) is 5.41 Å². The summed E-state index contributed by atoms with van der Waals surface area (Å²) in [5.41, 5.74) is 6.18. The maximum atomic E-state index is 12.6. The summed E-state index contributed by atoms with van der Waals surface area (Å²) < 4.78 is 5.59. The Morgan fingerprint density at radius 2 is 1.55 bits per heavy atom. The zero-order chi connectivity index (χ0) is 24.2. The molecule has 0 heterocycles. The highest BCUT2D eigenvalue weighted by molar-refractivity contribution is 5.79. The first-order chi connectivity index (χ1) is 15.6. The Kier molecular flexibility index (Phi) is 7.38. The Hall–Kier alpha value is -3.39. The van der Waals surface area contributed by atoms with E-state index in [1.54, 1.807) is 0 Å². The van der Waals surface area contributed by atoms with Crippen molar-refractivity contribution in [1.82, 2.24) is 10.8 Å². The molecule has 33 heavy (non-hydrogen) atoms. The predicted octanol–water partition coefficient (Wildman–Crippen LogP) is 3.85. The Labute approximate surface area is 193 Å². The van der Waals surface area contributed by atoms with Gasteiger partial charge in [-0.1, -0.05) is 69.3 Å². The van der Waals surface area contributed by atoms with Crippen molar-refractivity contribution in [2.45, 2.75) is 52.2 Å². The fourth-order valence-corrected chi connectivity index (χ4v) is 3.79. The zero-order valence-electron chi connectivity index (χ0n) is 19.3. The molecule has 0 saturated heterocycles. The van der Waals surface area contributed by atoms with Crippen LogP contribution in [0.15, 0.2) is 48.5 Å². The van der Waals surface area contributed by atoms with E-state index in [1.165, 1.54) is 6.92 Å². The number of carbonyl (C=O) groups excluding carboxylic acids is 2. The molecule has 0 radical (unpaired) electrons. The van der Waals surface area contributed by atoms with Crippen molar-refractivity contribution in [1.29, 1.82) is 0 Å². The molecule has 176 valence electrons. The third-order valence-electron chi connectivity index (χ3n) is 5.77. The summed E-state index contributed by atoms with van der Waals surface area (Å²) in [5, 5.41) is 11.6. The van der Waals surface area contributed by atoms with Gasteiger partial charge in [0.15, 0.2) is 6.10 Å². The van der Waals surface area contributed by atoms with Crippen LogP contribution in [0.3, 0.4) is 0 Å². The van der Waals surface area contributed by atoms with Crippen molar-refractivity contribution in [3.05, 3.63) is 59.7 Å². The largest absolute Gasteiger partial charge is 0.479 e. The first-order valence-electron chi connectivity index (χ1n) is 10.9. The second kappa shape index (κ2) is 10.0. The quantitative estimate of drug-likeness (QED) is 0.522. The molecule has 3 N–H and O–H groups in total. The summed E-state index contributed by atoms with van der Waals surface area (Å²) in [4.78, 5) is 40.5. The summed E-state index contributed by atoms with van der Waals surface area (Å²) in [6.45, 7) is 7.13. The third kappa shape index (κ3) is 5.90. The number of hydrogen-bond acceptors (Lipinski definition) is 5. The Bertz CT molecular complexity index is 984. The lowest BCUT2D eigenvalue weighted by molar-refractivity contribution is -0.159. The lowest BCUT2D eigenvalue weighted by Crippen LogP contribution is -2.47. The second-order valence-electron chi connectivity index (χ2n) is 9.22. The van der Waals surface area contributed by atoms with Crippen LogP contribution in [0.25, 0.3) is 11.1 Å². The molecule has 2 aromatic carbocycles. The fraction of sp³-hybridized carbons (Fsp3) is 0.400. The average molecular weight is 455 g/mol. The van der Waals surface area contributed by atoms with Gasteiger partial charge in [0.25, 0.3) is 0 Å². The Balaban J connectivity index is 1.61. The highest BCUT2D eigenvalue weighted by Crippen LogP contribution is 2.44. The zero-order valence-corrected chi connectivity index (χ0v) is 19.3. The second-order valence-corrected chi connectivity index (χ2v) is 9.22. The molecule has 2 amide bonds. The fourth-order valence-electron chi connectivity index (χ4n) is 3.79. The van der Waals surface area contributed by atoms with Crippen molar-refractivity contribution < 1.29 is 29.1 Å². The van der Waals surface area contributed by atoms with Crippen molar-refractivity contribution in [3.8, 4) is 11.1 Å². The van der Waals surface area contributed by atoms with Crippen LogP contribution in [0.5, 0.6) is 0 Å². The van der Waals surface area contributed by atoms with Gasteiger partial charge in [0.1, 0.15) is 6.61 Å². The van der Waals surface area contributed by atoms with E-state index in [9.17, 15) is 14.4 Å². The number of nitrogens with one attached hydrogen (secondary N) is 2. The van der Waals surface area contributed by atoms with Crippen LogP contribution >= 0.6 is 0 Å². The number of amides is 2. The van der Waals surface area contributed by atoms with E-state index in [4.69, 9.17) is 14.7 Å². The molecule has 0 aromatic heterocycles. The van der Waals surface area contributed by atoms with Crippen LogP contribution in [0, 0.1) is 5.41 Å². The number of benzene rings is 2. The summed E-state index contributed by atoms with van der Waals surface area (Å²) in [6, 6.07) is 15.6. The number of carbonyl (C=O) groups is 3. The molecule has 0 saturated carbocycles. The van der Waals surface area contributed by atoms with Gasteiger partial charge >= 0.3 is 12.1 Å². The first-order valence-corrected chi connectivity index (χ1v) is 10.9. The average Bonchev–Trinajstić information content (AvgIpc) is 3.08. The van der Waals surface area contributed by atoms with Gasteiger partial charge in [0.05, 0.1) is 0 Å². The van der Waals surface area contributed by atoms with Crippen LogP contribution in [0.1, 0.15) is 51.2 Å². The minimum Gasteiger partial charge on any atom is -0.479 e. The number of rotatable bonds is 8. The lowest BCUT2D eigenvalue weighted by atomic mass is 9.84. The first kappa shape index (κ1) is 24.3. The van der Waals surface area contributed by atoms with Gasteiger partial charge in [0, 0.05) is 18.4 Å². The van der Waals surface area contributed by atoms with Gasteiger partial charge in [-0.25, -0.2) is 15.1 Å². The maximum absolute atomic E-state index is 12.6. The van der Waals surface area contributed by atoms with Crippen LogP contribution in [-0.4, -0.2) is 41.8 Å². The van der Waals surface area contributed by atoms with Crippen LogP contribution in [-0.2, 0) is 19.2 Å². The normalized spacial score (nSPS) is 14.5. The molecule has 0 bridgehead atoms. The summed E-state index contributed by atoms with van der Waals surface area (Å²) in [6.07, 6.45) is -1.90. The van der Waals surface area contributed by atoms with Gasteiger partial charge in [-0.2, -0.15) is 0 Å². The summed E-state index contributed by atoms with van der Waals surface area (Å²) >= 11 is 0. The molecule has 2 aromatic rings. The summed E-state index contributed by atoms with van der Waals surface area (Å²) in [7, 11) is 0. The molecular formula is C25H30N2O6. The molecule has 3 rings (SSSR count). The number of hydroxylamine groups is 1. The third-order valence-corrected chi connectivity index (χ3v) is 5.77. The summed E-state index contributed by atoms with van der Waals surface area (Å²) in [5.74, 6) is -1.80. The van der Waals surface area contributed by atoms with Crippen molar-refractivity contribution >= 4 is 18.0 Å². The molecule has 1 aliphatic rings. The number of carboxylic acids is 1. The van der Waals surface area contributed by atoms with Gasteiger partial charge in [-0.15, -0.1) is 0 Å².